The summed E-state index contributed by atoms with van der Waals surface area (Å²) in [6.07, 6.45) is 0. The van der Waals surface area contributed by atoms with Gasteiger partial charge in [0.1, 0.15) is 0 Å². The van der Waals surface area contributed by atoms with E-state index in [9.17, 15) is 4.79 Å². The van der Waals surface area contributed by atoms with Gasteiger partial charge in [-0.15, -0.1) is 11.3 Å². The van der Waals surface area contributed by atoms with Gasteiger partial charge in [0.05, 0.1) is 0 Å². The number of hydrogen-bond acceptors (Lipinski definition) is 2. The van der Waals surface area contributed by atoms with Gasteiger partial charge in [-0.3, -0.25) is 4.79 Å². The van der Waals surface area contributed by atoms with Crippen molar-refractivity contribution in [2.24, 2.45) is 0 Å². The summed E-state index contributed by atoms with van der Waals surface area (Å²) >= 11 is 1.70. The van der Waals surface area contributed by atoms with Gasteiger partial charge in [-0.05, 0) is 37.6 Å². The van der Waals surface area contributed by atoms with Gasteiger partial charge in [-0.2, -0.15) is 0 Å². The van der Waals surface area contributed by atoms with Gasteiger partial charge in [-0.1, -0.05) is 58.9 Å². The third-order valence-electron chi connectivity index (χ3n) is 3.01. The maximum absolute atomic E-state index is 12.4. The van der Waals surface area contributed by atoms with E-state index in [2.05, 4.69) is 13.0 Å². The van der Waals surface area contributed by atoms with Gasteiger partial charge in [0.25, 0.3) is 0 Å². The van der Waals surface area contributed by atoms with Crippen LogP contribution >= 0.6 is 11.3 Å². The molecule has 0 atom stereocenters. The molecule has 0 aliphatic heterocycles. The normalized spacial score (nSPS) is 9.18. The van der Waals surface area contributed by atoms with Crippen LogP contribution in [0.25, 0.3) is 20.2 Å². The zero-order valence-electron chi connectivity index (χ0n) is 13.8. The van der Waals surface area contributed by atoms with Crippen LogP contribution in [0, 0.1) is 13.8 Å². The van der Waals surface area contributed by atoms with E-state index >= 15 is 0 Å². The molecule has 0 spiro atoms. The number of rotatable bonds is 0. The molecule has 0 aliphatic carbocycles. The molecule has 1 heterocycles. The molecule has 1 nitrogen and oxygen atoms in total. The average molecular weight is 317 g/mol. The second kappa shape index (κ2) is 9.37. The summed E-state index contributed by atoms with van der Waals surface area (Å²) < 4.78 is 2.18. The molecule has 0 aliphatic rings. The minimum Gasteiger partial charge on any atom is -0.289 e. The van der Waals surface area contributed by atoms with E-state index in [0.717, 1.165) is 25.7 Å². The van der Waals surface area contributed by atoms with E-state index in [1.807, 2.05) is 65.0 Å². The van der Waals surface area contributed by atoms with Crippen LogP contribution < -0.4 is 5.43 Å². The lowest BCUT2D eigenvalue weighted by atomic mass is 10.1. The summed E-state index contributed by atoms with van der Waals surface area (Å²) in [6, 6.07) is 11.9. The molecule has 0 bridgehead atoms. The van der Waals surface area contributed by atoms with Crippen LogP contribution in [-0.4, -0.2) is 0 Å². The zero-order valence-corrected chi connectivity index (χ0v) is 14.6. The highest BCUT2D eigenvalue weighted by molar-refractivity contribution is 7.24. The smallest absolute Gasteiger partial charge is 0.195 e. The Morgan fingerprint density at radius 3 is 2.09 bits per heavy atom. The molecule has 3 rings (SSSR count). The summed E-state index contributed by atoms with van der Waals surface area (Å²) in [5.74, 6) is 0. The van der Waals surface area contributed by atoms with Crippen molar-refractivity contribution in [3.63, 3.8) is 0 Å². The van der Waals surface area contributed by atoms with Crippen LogP contribution in [0.5, 0.6) is 0 Å². The molecule has 3 aromatic rings. The Kier molecular flexibility index (Phi) is 8.66. The van der Waals surface area contributed by atoms with Crippen LogP contribution in [0.2, 0.25) is 0 Å². The molecule has 0 unspecified atom stereocenters. The molecule has 22 heavy (non-hydrogen) atoms. The Morgan fingerprint density at radius 1 is 0.864 bits per heavy atom. The topological polar surface area (TPSA) is 17.1 Å². The molecule has 0 N–H and O–H groups in total. The molecule has 2 aromatic carbocycles. The molecule has 0 saturated carbocycles. The summed E-state index contributed by atoms with van der Waals surface area (Å²) in [5.41, 5.74) is 2.49. The lowest BCUT2D eigenvalue weighted by Crippen LogP contribution is -2.01. The molecular weight excluding hydrogens is 288 g/mol. The van der Waals surface area contributed by atoms with E-state index in [1.165, 1.54) is 5.56 Å². The second-order valence-electron chi connectivity index (χ2n) is 4.39. The fourth-order valence-corrected chi connectivity index (χ4v) is 3.38. The van der Waals surface area contributed by atoms with Gasteiger partial charge in [0, 0.05) is 20.2 Å². The van der Waals surface area contributed by atoms with Crippen molar-refractivity contribution in [1.82, 2.24) is 0 Å². The molecule has 0 fully saturated rings. The van der Waals surface area contributed by atoms with E-state index in [1.54, 1.807) is 11.3 Å². The summed E-state index contributed by atoms with van der Waals surface area (Å²) in [5, 5.41) is 1.68. The number of benzene rings is 2. The number of fused-ring (bicyclic) bond motifs is 2. The van der Waals surface area contributed by atoms with Crippen molar-refractivity contribution in [2.45, 2.75) is 49.0 Å². The Hall–Kier alpha value is -1.67. The van der Waals surface area contributed by atoms with Crippen LogP contribution in [0.4, 0.5) is 0 Å². The average Bonchev–Trinajstić information content (AvgIpc) is 2.53. The van der Waals surface area contributed by atoms with Crippen molar-refractivity contribution in [1.29, 1.82) is 0 Å². The first-order chi connectivity index (χ1) is 10.2. The molecule has 120 valence electrons. The van der Waals surface area contributed by atoms with Crippen molar-refractivity contribution in [2.75, 3.05) is 0 Å². The Bertz CT molecular complexity index is 785. The predicted octanol–water partition coefficient (Wildman–Crippen LogP) is 6.72. The van der Waals surface area contributed by atoms with Gasteiger partial charge in [0.2, 0.25) is 0 Å². The van der Waals surface area contributed by atoms with Crippen LogP contribution in [0.1, 0.15) is 46.2 Å². The highest BCUT2D eigenvalue weighted by atomic mass is 32.1. The number of aryl methyl sites for hydroxylation is 2. The van der Waals surface area contributed by atoms with Crippen molar-refractivity contribution < 1.29 is 0 Å². The Labute approximate surface area is 138 Å². The zero-order chi connectivity index (χ0) is 16.0. The molecule has 0 saturated heterocycles. The van der Waals surface area contributed by atoms with Crippen LogP contribution in [0.15, 0.2) is 41.2 Å². The highest BCUT2D eigenvalue weighted by Crippen LogP contribution is 2.27. The molecular formula is C20H28OS. The first-order valence-electron chi connectivity index (χ1n) is 7.59. The third-order valence-corrected chi connectivity index (χ3v) is 4.33. The van der Waals surface area contributed by atoms with Gasteiger partial charge in [0.15, 0.2) is 5.43 Å². The predicted molar refractivity (Wildman–Crippen MR) is 105 cm³/mol. The van der Waals surface area contributed by atoms with E-state index in [-0.39, 0.29) is 12.9 Å². The summed E-state index contributed by atoms with van der Waals surface area (Å²) in [7, 11) is 0. The first-order valence-corrected chi connectivity index (χ1v) is 8.41. The minimum absolute atomic E-state index is 0. The Morgan fingerprint density at radius 2 is 1.45 bits per heavy atom. The molecule has 2 heteroatoms. The lowest BCUT2D eigenvalue weighted by molar-refractivity contribution is 1.44. The summed E-state index contributed by atoms with van der Waals surface area (Å²) in [4.78, 5) is 12.4. The van der Waals surface area contributed by atoms with Crippen LogP contribution in [0.3, 0.4) is 0 Å². The minimum atomic E-state index is 0. The first kappa shape index (κ1) is 20.3. The number of hydrogen-bond donors (Lipinski definition) is 0. The van der Waals surface area contributed by atoms with Crippen LogP contribution in [-0.2, 0) is 0 Å². The fourth-order valence-electron chi connectivity index (χ4n) is 2.26. The van der Waals surface area contributed by atoms with E-state index in [0.29, 0.717) is 0 Å². The third kappa shape index (κ3) is 3.95. The monoisotopic (exact) mass is 316 g/mol. The van der Waals surface area contributed by atoms with Crippen molar-refractivity contribution in [3.05, 3.63) is 57.7 Å². The molecule has 1 aromatic heterocycles. The Balaban J connectivity index is 0.000000819. The second-order valence-corrected chi connectivity index (χ2v) is 5.44. The summed E-state index contributed by atoms with van der Waals surface area (Å²) in [6.45, 7) is 12.1. The van der Waals surface area contributed by atoms with E-state index in [4.69, 9.17) is 0 Å². The van der Waals surface area contributed by atoms with Gasteiger partial charge < -0.3 is 0 Å². The fraction of sp³-hybridized carbons (Fsp3) is 0.350. The van der Waals surface area contributed by atoms with Crippen molar-refractivity contribution >= 4 is 31.5 Å². The molecule has 0 amide bonds. The van der Waals surface area contributed by atoms with E-state index < -0.39 is 0 Å². The van der Waals surface area contributed by atoms with Gasteiger partial charge >= 0.3 is 0 Å². The SMILES string of the molecule is C.CC.CC.Cc1cc(C)c2sc3ccccc3c(=O)c2c1. The standard InChI is InChI=1S/C15H12OS.2C2H6.CH4/c1-9-7-10(2)15-12(8-9)14(16)11-5-3-4-6-13(11)17-15;2*1-2;/h3-8H,1-2H3;2*1-2H3;1H4. The maximum atomic E-state index is 12.4. The maximum Gasteiger partial charge on any atom is 0.195 e. The molecule has 0 radical (unpaired) electrons. The largest absolute Gasteiger partial charge is 0.289 e. The van der Waals surface area contributed by atoms with Crippen molar-refractivity contribution in [3.8, 4) is 0 Å². The highest BCUT2D eigenvalue weighted by Gasteiger charge is 2.07. The lowest BCUT2D eigenvalue weighted by Gasteiger charge is -2.05. The quantitative estimate of drug-likeness (QED) is 0.421. The van der Waals surface area contributed by atoms with Gasteiger partial charge in [-0.25, -0.2) is 0 Å².